The Hall–Kier alpha value is -2.05. The van der Waals surface area contributed by atoms with Gasteiger partial charge in [-0.3, -0.25) is 9.69 Å². The van der Waals surface area contributed by atoms with Gasteiger partial charge in [0.2, 0.25) is 0 Å². The Morgan fingerprint density at radius 3 is 2.83 bits per heavy atom. The Morgan fingerprint density at radius 2 is 2.14 bits per heavy atom. The van der Waals surface area contributed by atoms with Gasteiger partial charge in [-0.05, 0) is 31.4 Å². The second-order valence-corrected chi connectivity index (χ2v) is 9.42. The van der Waals surface area contributed by atoms with Gasteiger partial charge in [0.1, 0.15) is 11.2 Å². The van der Waals surface area contributed by atoms with Crippen LogP contribution in [-0.4, -0.2) is 68.0 Å². The number of anilines is 1. The molecule has 0 amide bonds. The third-order valence-electron chi connectivity index (χ3n) is 9.02. The van der Waals surface area contributed by atoms with E-state index in [-0.39, 0.29) is 24.0 Å². The Balaban J connectivity index is 1.64. The van der Waals surface area contributed by atoms with Crippen LogP contribution in [0.4, 0.5) is 5.69 Å². The summed E-state index contributed by atoms with van der Waals surface area (Å²) in [5.74, 6) is 0.625. The normalized spacial score (nSPS) is 46.8. The highest BCUT2D eigenvalue weighted by atomic mass is 16.5. The van der Waals surface area contributed by atoms with E-state index in [0.717, 1.165) is 36.4 Å². The summed E-state index contributed by atoms with van der Waals surface area (Å²) in [7, 11) is 5.28. The summed E-state index contributed by atoms with van der Waals surface area (Å²) in [4.78, 5) is 18.2. The number of nitrogens with zero attached hydrogens (tertiary/aromatic N) is 2. The number of piperidine rings is 4. The molecule has 5 aliphatic heterocycles. The summed E-state index contributed by atoms with van der Waals surface area (Å²) in [6.45, 7) is 2.94. The van der Waals surface area contributed by atoms with Crippen molar-refractivity contribution in [2.24, 2.45) is 11.3 Å². The van der Waals surface area contributed by atoms with Gasteiger partial charge in [-0.1, -0.05) is 17.7 Å². The number of ether oxygens (including phenoxy) is 2. The van der Waals surface area contributed by atoms with Gasteiger partial charge in [0.25, 0.3) is 0 Å². The average molecular weight is 396 g/mol. The number of aliphatic hydroxyl groups is 1. The van der Waals surface area contributed by atoms with Crippen LogP contribution in [0.3, 0.4) is 0 Å². The van der Waals surface area contributed by atoms with E-state index in [9.17, 15) is 9.90 Å². The Bertz CT molecular complexity index is 960. The predicted octanol–water partition coefficient (Wildman–Crippen LogP) is 1.71. The van der Waals surface area contributed by atoms with Crippen molar-refractivity contribution < 1.29 is 19.4 Å². The Morgan fingerprint density at radius 1 is 1.34 bits per heavy atom. The molecule has 8 atom stereocenters. The minimum Gasteiger partial charge on any atom is -0.497 e. The fourth-order valence-corrected chi connectivity index (χ4v) is 8.12. The number of esters is 1. The first-order valence-electron chi connectivity index (χ1n) is 10.6. The van der Waals surface area contributed by atoms with Crippen LogP contribution in [0.5, 0.6) is 5.75 Å². The fraction of sp³-hybridized carbons (Fsp3) is 0.609. The van der Waals surface area contributed by atoms with Gasteiger partial charge in [0, 0.05) is 48.8 Å². The van der Waals surface area contributed by atoms with Crippen LogP contribution in [0.1, 0.15) is 25.3 Å². The maximum absolute atomic E-state index is 13.4. The molecule has 6 heteroatoms. The van der Waals surface area contributed by atoms with Crippen molar-refractivity contribution in [3.8, 4) is 5.75 Å². The highest BCUT2D eigenvalue weighted by Crippen LogP contribution is 2.72. The topological polar surface area (TPSA) is 62.2 Å². The molecule has 6 nitrogen and oxygen atoms in total. The molecule has 1 aliphatic carbocycles. The minimum absolute atomic E-state index is 0.0232. The first-order chi connectivity index (χ1) is 14.0. The first kappa shape index (κ1) is 17.8. The number of allylic oxidation sites excluding steroid dienone is 1. The fourth-order valence-electron chi connectivity index (χ4n) is 8.12. The first-order valence-corrected chi connectivity index (χ1v) is 10.6. The zero-order valence-corrected chi connectivity index (χ0v) is 17.4. The number of hydrogen-bond acceptors (Lipinski definition) is 6. The lowest BCUT2D eigenvalue weighted by molar-refractivity contribution is -0.179. The van der Waals surface area contributed by atoms with Gasteiger partial charge in [-0.15, -0.1) is 0 Å². The molecule has 29 heavy (non-hydrogen) atoms. The van der Waals surface area contributed by atoms with E-state index in [1.165, 1.54) is 12.7 Å². The molecule has 5 fully saturated rings. The SMILES string of the molecule is C/C=C1\CN2C3C[C@@H]1[C@@]1(C(=O)OC)[C@@H]2CC2(c4ccc(OC)cc4N(C)[C@H]32)[C@@H]1O. The van der Waals surface area contributed by atoms with Crippen LogP contribution < -0.4 is 9.64 Å². The highest BCUT2D eigenvalue weighted by molar-refractivity contribution is 5.84. The summed E-state index contributed by atoms with van der Waals surface area (Å²) in [6, 6.07) is 6.66. The Kier molecular flexibility index (Phi) is 3.28. The standard InChI is InChI=1S/C23H28N2O4/c1-5-12-11-25-17-9-15(12)23(21(27)29-4)18(25)10-22(20(23)26)14-7-6-13(28-3)8-16(14)24(2)19(17)22/h5-8,15,17-20,26H,9-11H2,1-4H3/b12-5+/t15-,17?,18-,19+,20-,22?,23+/m0/s1. The molecule has 1 spiro atoms. The molecule has 1 aromatic carbocycles. The van der Waals surface area contributed by atoms with Gasteiger partial charge in [-0.25, -0.2) is 0 Å². The molecule has 1 N–H and O–H groups in total. The van der Waals surface area contributed by atoms with E-state index in [0.29, 0.717) is 6.04 Å². The molecule has 4 saturated heterocycles. The van der Waals surface area contributed by atoms with Crippen LogP contribution >= 0.6 is 0 Å². The molecule has 0 aromatic heterocycles. The van der Waals surface area contributed by atoms with E-state index < -0.39 is 16.9 Å². The number of aliphatic hydroxyl groups excluding tert-OH is 1. The molecule has 1 aromatic rings. The number of likely N-dealkylation sites (N-methyl/N-ethyl adjacent to an activating group) is 1. The van der Waals surface area contributed by atoms with Crippen LogP contribution in [0.15, 0.2) is 29.8 Å². The number of rotatable bonds is 2. The second-order valence-electron chi connectivity index (χ2n) is 9.42. The number of carbonyl (C=O) groups excluding carboxylic acids is 1. The van der Waals surface area contributed by atoms with Crippen LogP contribution in [0, 0.1) is 11.3 Å². The molecule has 1 saturated carbocycles. The van der Waals surface area contributed by atoms with E-state index in [2.05, 4.69) is 42.0 Å². The van der Waals surface area contributed by atoms with Crippen LogP contribution in [-0.2, 0) is 14.9 Å². The van der Waals surface area contributed by atoms with Crippen molar-refractivity contribution in [2.75, 3.05) is 32.7 Å². The summed E-state index contributed by atoms with van der Waals surface area (Å²) in [5.41, 5.74) is 2.21. The van der Waals surface area contributed by atoms with E-state index in [4.69, 9.17) is 9.47 Å². The van der Waals surface area contributed by atoms with Crippen molar-refractivity contribution in [2.45, 2.75) is 49.4 Å². The van der Waals surface area contributed by atoms with Gasteiger partial charge in [0.15, 0.2) is 0 Å². The lowest BCUT2D eigenvalue weighted by Crippen LogP contribution is -2.71. The van der Waals surface area contributed by atoms with E-state index in [1.807, 2.05) is 6.07 Å². The molecule has 7 rings (SSSR count). The third kappa shape index (κ3) is 1.62. The van der Waals surface area contributed by atoms with Crippen LogP contribution in [0.25, 0.3) is 0 Å². The molecule has 154 valence electrons. The van der Waals surface area contributed by atoms with Gasteiger partial charge in [-0.2, -0.15) is 0 Å². The van der Waals surface area contributed by atoms with Gasteiger partial charge >= 0.3 is 5.97 Å². The molecular weight excluding hydrogens is 368 g/mol. The predicted molar refractivity (Wildman–Crippen MR) is 108 cm³/mol. The molecular formula is C23H28N2O4. The van der Waals surface area contributed by atoms with Crippen LogP contribution in [0.2, 0.25) is 0 Å². The number of fused-ring (bicyclic) bond motifs is 2. The maximum Gasteiger partial charge on any atom is 0.316 e. The second kappa shape index (κ2) is 5.35. The molecule has 5 bridgehead atoms. The van der Waals surface area contributed by atoms with Gasteiger partial charge < -0.3 is 19.5 Å². The number of hydrogen-bond donors (Lipinski definition) is 1. The monoisotopic (exact) mass is 396 g/mol. The Labute approximate surface area is 171 Å². The minimum atomic E-state index is -0.886. The third-order valence-corrected chi connectivity index (χ3v) is 9.02. The van der Waals surface area contributed by atoms with Gasteiger partial charge in [0.05, 0.1) is 26.4 Å². The number of methoxy groups -OCH3 is 2. The molecule has 0 radical (unpaired) electrons. The maximum atomic E-state index is 13.4. The smallest absolute Gasteiger partial charge is 0.316 e. The quantitative estimate of drug-likeness (QED) is 0.607. The zero-order chi connectivity index (χ0) is 20.3. The largest absolute Gasteiger partial charge is 0.497 e. The highest BCUT2D eigenvalue weighted by Gasteiger charge is 2.82. The summed E-state index contributed by atoms with van der Waals surface area (Å²) in [5, 5.41) is 12.1. The summed E-state index contributed by atoms with van der Waals surface area (Å²) in [6.07, 6.45) is 3.06. The van der Waals surface area contributed by atoms with Crippen molar-refractivity contribution in [1.29, 1.82) is 0 Å². The summed E-state index contributed by atoms with van der Waals surface area (Å²) >= 11 is 0. The average Bonchev–Trinajstić information content (AvgIpc) is 3.13. The van der Waals surface area contributed by atoms with E-state index >= 15 is 0 Å². The lowest BCUT2D eigenvalue weighted by atomic mass is 9.58. The van der Waals surface area contributed by atoms with Crippen molar-refractivity contribution in [3.05, 3.63) is 35.4 Å². The molecule has 3 unspecified atom stereocenters. The summed E-state index contributed by atoms with van der Waals surface area (Å²) < 4.78 is 10.9. The zero-order valence-electron chi connectivity index (χ0n) is 17.4. The lowest BCUT2D eigenvalue weighted by Gasteiger charge is -2.61. The molecule has 5 heterocycles. The molecule has 6 aliphatic rings. The van der Waals surface area contributed by atoms with Crippen molar-refractivity contribution >= 4 is 11.7 Å². The number of carbonyl (C=O) groups is 1. The number of benzene rings is 1. The van der Waals surface area contributed by atoms with E-state index in [1.54, 1.807) is 7.11 Å². The van der Waals surface area contributed by atoms with Crippen molar-refractivity contribution in [3.63, 3.8) is 0 Å². The van der Waals surface area contributed by atoms with Crippen molar-refractivity contribution in [1.82, 2.24) is 4.90 Å².